The third-order valence-corrected chi connectivity index (χ3v) is 1.64. The lowest BCUT2D eigenvalue weighted by molar-refractivity contribution is 0.298. The van der Waals surface area contributed by atoms with Crippen molar-refractivity contribution in [3.8, 4) is 0 Å². The third-order valence-electron chi connectivity index (χ3n) is 1.64. The van der Waals surface area contributed by atoms with Crippen molar-refractivity contribution in [1.82, 2.24) is 0 Å². The van der Waals surface area contributed by atoms with Crippen molar-refractivity contribution >= 4 is 0 Å². The van der Waals surface area contributed by atoms with E-state index in [1.54, 1.807) is 19.3 Å². The van der Waals surface area contributed by atoms with E-state index < -0.39 is 0 Å². The zero-order chi connectivity index (χ0) is 10.1. The summed E-state index contributed by atoms with van der Waals surface area (Å²) in [5, 5.41) is 0. The molecule has 0 saturated carbocycles. The van der Waals surface area contributed by atoms with E-state index in [1.807, 2.05) is 12.2 Å². The van der Waals surface area contributed by atoms with Gasteiger partial charge in [0.2, 0.25) is 0 Å². The molecule has 0 aliphatic heterocycles. The molecule has 0 unspecified atom stereocenters. The molecule has 0 radical (unpaired) electrons. The van der Waals surface area contributed by atoms with Crippen LogP contribution in [-0.4, -0.2) is 7.11 Å². The molecule has 0 rings (SSSR count). The maximum Gasteiger partial charge on any atom is 0.122 e. The summed E-state index contributed by atoms with van der Waals surface area (Å²) < 4.78 is 5.23. The number of allylic oxidation sites excluding steroid dienone is 5. The first kappa shape index (κ1) is 11.8. The zero-order valence-electron chi connectivity index (χ0n) is 8.55. The number of hydrogen-bond acceptors (Lipinski definition) is 1. The van der Waals surface area contributed by atoms with Gasteiger partial charge in [0.1, 0.15) is 5.76 Å². The average molecular weight is 178 g/mol. The lowest BCUT2D eigenvalue weighted by Gasteiger charge is -2.08. The van der Waals surface area contributed by atoms with Gasteiger partial charge in [-0.25, -0.2) is 0 Å². The number of ether oxygens (including phenoxy) is 1. The van der Waals surface area contributed by atoms with Crippen LogP contribution in [-0.2, 0) is 4.74 Å². The van der Waals surface area contributed by atoms with Gasteiger partial charge in [-0.15, -0.1) is 0 Å². The predicted molar refractivity (Wildman–Crippen MR) is 58.5 cm³/mol. The van der Waals surface area contributed by atoms with E-state index in [0.717, 1.165) is 18.6 Å². The molecule has 0 aromatic rings. The van der Waals surface area contributed by atoms with Crippen molar-refractivity contribution in [3.63, 3.8) is 0 Å². The van der Waals surface area contributed by atoms with Crippen LogP contribution in [0.5, 0.6) is 0 Å². The van der Waals surface area contributed by atoms with Gasteiger partial charge in [-0.3, -0.25) is 0 Å². The Bertz CT molecular complexity index is 221. The minimum absolute atomic E-state index is 0.872. The summed E-state index contributed by atoms with van der Waals surface area (Å²) in [5.74, 6) is 0.872. The Labute approximate surface area is 81.1 Å². The Balaban J connectivity index is 4.68. The molecule has 0 spiro atoms. The van der Waals surface area contributed by atoms with Crippen LogP contribution in [0.4, 0.5) is 0 Å². The van der Waals surface area contributed by atoms with Gasteiger partial charge in [-0.2, -0.15) is 0 Å². The Kier molecular flexibility index (Phi) is 6.70. The van der Waals surface area contributed by atoms with E-state index >= 15 is 0 Å². The first-order valence-electron chi connectivity index (χ1n) is 4.48. The van der Waals surface area contributed by atoms with Crippen molar-refractivity contribution in [3.05, 3.63) is 48.8 Å². The number of rotatable bonds is 6. The van der Waals surface area contributed by atoms with Gasteiger partial charge in [0.25, 0.3) is 0 Å². The molecule has 0 aliphatic rings. The third kappa shape index (κ3) is 4.36. The second-order valence-electron chi connectivity index (χ2n) is 2.65. The molecule has 0 aromatic heterocycles. The molecule has 0 N–H and O–H groups in total. The van der Waals surface area contributed by atoms with Gasteiger partial charge < -0.3 is 4.74 Å². The number of hydrogen-bond donors (Lipinski definition) is 0. The standard InChI is InChI=1S/C12H18O/c1-5-8-11(9-6-2)12(13-4)10-7-3/h5,7-8,10H,1,3,6,9H2,2,4H3/b11-8-,12-10+. The van der Waals surface area contributed by atoms with Crippen LogP contribution in [0, 0.1) is 0 Å². The molecule has 0 amide bonds. The highest BCUT2D eigenvalue weighted by Crippen LogP contribution is 2.16. The fourth-order valence-corrected chi connectivity index (χ4v) is 1.11. The molecule has 0 atom stereocenters. The van der Waals surface area contributed by atoms with Crippen molar-refractivity contribution in [2.75, 3.05) is 7.11 Å². The first-order chi connectivity index (χ1) is 6.29. The smallest absolute Gasteiger partial charge is 0.122 e. The molecule has 0 saturated heterocycles. The molecular formula is C12H18O. The molecule has 1 heteroatoms. The van der Waals surface area contributed by atoms with E-state index in [-0.39, 0.29) is 0 Å². The van der Waals surface area contributed by atoms with Crippen LogP contribution in [0.25, 0.3) is 0 Å². The molecular weight excluding hydrogens is 160 g/mol. The van der Waals surface area contributed by atoms with Gasteiger partial charge >= 0.3 is 0 Å². The summed E-state index contributed by atoms with van der Waals surface area (Å²) in [7, 11) is 1.67. The molecule has 0 fully saturated rings. The van der Waals surface area contributed by atoms with Crippen LogP contribution in [0.1, 0.15) is 19.8 Å². The topological polar surface area (TPSA) is 9.23 Å². The summed E-state index contributed by atoms with van der Waals surface area (Å²) in [4.78, 5) is 0. The van der Waals surface area contributed by atoms with Crippen LogP contribution in [0.15, 0.2) is 48.8 Å². The second-order valence-corrected chi connectivity index (χ2v) is 2.65. The summed E-state index contributed by atoms with van der Waals surface area (Å²) in [5.41, 5.74) is 1.17. The van der Waals surface area contributed by atoms with Crippen molar-refractivity contribution in [2.45, 2.75) is 19.8 Å². The van der Waals surface area contributed by atoms with Crippen LogP contribution < -0.4 is 0 Å². The molecule has 0 bridgehead atoms. The molecule has 72 valence electrons. The monoisotopic (exact) mass is 178 g/mol. The minimum atomic E-state index is 0.872. The van der Waals surface area contributed by atoms with Gasteiger partial charge in [0, 0.05) is 0 Å². The predicted octanol–water partition coefficient (Wildman–Crippen LogP) is 3.62. The Morgan fingerprint density at radius 2 is 1.85 bits per heavy atom. The van der Waals surface area contributed by atoms with E-state index in [4.69, 9.17) is 4.74 Å². The zero-order valence-corrected chi connectivity index (χ0v) is 8.55. The van der Waals surface area contributed by atoms with Crippen LogP contribution in [0.3, 0.4) is 0 Å². The van der Waals surface area contributed by atoms with Gasteiger partial charge in [0.05, 0.1) is 7.11 Å². The highest BCUT2D eigenvalue weighted by molar-refractivity contribution is 5.31. The van der Waals surface area contributed by atoms with Gasteiger partial charge in [0.15, 0.2) is 0 Å². The summed E-state index contributed by atoms with van der Waals surface area (Å²) in [6.45, 7) is 9.45. The molecule has 0 aliphatic carbocycles. The number of methoxy groups -OCH3 is 1. The fraction of sp³-hybridized carbons (Fsp3) is 0.333. The quantitative estimate of drug-likeness (QED) is 0.446. The van der Waals surface area contributed by atoms with Crippen LogP contribution >= 0.6 is 0 Å². The summed E-state index contributed by atoms with van der Waals surface area (Å²) in [6, 6.07) is 0. The molecule has 0 aromatic carbocycles. The Morgan fingerprint density at radius 3 is 2.23 bits per heavy atom. The Hall–Kier alpha value is -1.24. The van der Waals surface area contributed by atoms with E-state index in [0.29, 0.717) is 0 Å². The highest BCUT2D eigenvalue weighted by Gasteiger charge is 2.01. The van der Waals surface area contributed by atoms with E-state index in [9.17, 15) is 0 Å². The van der Waals surface area contributed by atoms with Crippen molar-refractivity contribution < 1.29 is 4.74 Å². The summed E-state index contributed by atoms with van der Waals surface area (Å²) in [6.07, 6.45) is 9.44. The lowest BCUT2D eigenvalue weighted by atomic mass is 10.1. The van der Waals surface area contributed by atoms with Crippen molar-refractivity contribution in [2.24, 2.45) is 0 Å². The highest BCUT2D eigenvalue weighted by atomic mass is 16.5. The fourth-order valence-electron chi connectivity index (χ4n) is 1.11. The van der Waals surface area contributed by atoms with Crippen molar-refractivity contribution in [1.29, 1.82) is 0 Å². The van der Waals surface area contributed by atoms with E-state index in [2.05, 4.69) is 20.1 Å². The Morgan fingerprint density at radius 1 is 1.23 bits per heavy atom. The maximum absolute atomic E-state index is 5.23. The van der Waals surface area contributed by atoms with Gasteiger partial charge in [-0.05, 0) is 18.1 Å². The largest absolute Gasteiger partial charge is 0.496 e. The average Bonchev–Trinajstić information content (AvgIpc) is 2.14. The lowest BCUT2D eigenvalue weighted by Crippen LogP contribution is -1.92. The normalized spacial score (nSPS) is 12.5. The summed E-state index contributed by atoms with van der Waals surface area (Å²) >= 11 is 0. The first-order valence-corrected chi connectivity index (χ1v) is 4.48. The SMILES string of the molecule is C=C/C=C(CCC)\C(=C/C=C)OC. The van der Waals surface area contributed by atoms with E-state index in [1.165, 1.54) is 5.57 Å². The van der Waals surface area contributed by atoms with Gasteiger partial charge in [-0.1, -0.05) is 44.7 Å². The molecule has 13 heavy (non-hydrogen) atoms. The molecule has 1 nitrogen and oxygen atoms in total. The second kappa shape index (κ2) is 7.41. The molecule has 0 heterocycles. The minimum Gasteiger partial charge on any atom is -0.496 e. The maximum atomic E-state index is 5.23. The van der Waals surface area contributed by atoms with Crippen LogP contribution in [0.2, 0.25) is 0 Å².